The summed E-state index contributed by atoms with van der Waals surface area (Å²) >= 11 is 2.21. The number of aromatic nitrogens is 2. The molecule has 0 aliphatic carbocycles. The number of fused-ring (bicyclic) bond motifs is 3. The number of benzene rings is 1. The molecule has 3 N–H and O–H groups in total. The van der Waals surface area contributed by atoms with Gasteiger partial charge in [0.15, 0.2) is 0 Å². The summed E-state index contributed by atoms with van der Waals surface area (Å²) in [7, 11) is 0. The number of nitrogens with one attached hydrogen (secondary N) is 2. The number of aromatic amines is 2. The highest BCUT2D eigenvalue weighted by atomic mass is 127. The molecular weight excluding hydrogens is 371 g/mol. The topological polar surface area (TPSA) is 85.9 Å². The van der Waals surface area contributed by atoms with Crippen molar-refractivity contribution in [2.75, 3.05) is 0 Å². The van der Waals surface area contributed by atoms with Crippen LogP contribution in [0.3, 0.4) is 0 Å². The van der Waals surface area contributed by atoms with Crippen molar-refractivity contribution in [1.29, 1.82) is 0 Å². The number of hydrogen-bond donors (Lipinski definition) is 3. The average molecular weight is 382 g/mol. The van der Waals surface area contributed by atoms with Crippen LogP contribution in [0.1, 0.15) is 12.0 Å². The molecule has 0 amide bonds. The van der Waals surface area contributed by atoms with Gasteiger partial charge in [0.2, 0.25) is 0 Å². The smallest absolute Gasteiger partial charge is 0.303 e. The molecule has 1 aromatic carbocycles. The minimum absolute atomic E-state index is 0.0468. The number of halogens is 1. The summed E-state index contributed by atoms with van der Waals surface area (Å²) in [6.45, 7) is 0. The third kappa shape index (κ3) is 2.20. The average Bonchev–Trinajstić information content (AvgIpc) is 2.82. The first-order chi connectivity index (χ1) is 9.56. The van der Waals surface area contributed by atoms with Gasteiger partial charge in [-0.15, -0.1) is 0 Å². The molecule has 0 saturated heterocycles. The molecule has 0 atom stereocenters. The van der Waals surface area contributed by atoms with Crippen LogP contribution >= 0.6 is 22.6 Å². The van der Waals surface area contributed by atoms with E-state index in [2.05, 4.69) is 32.6 Å². The van der Waals surface area contributed by atoms with Gasteiger partial charge in [-0.3, -0.25) is 9.59 Å². The van der Waals surface area contributed by atoms with E-state index in [4.69, 9.17) is 5.11 Å². The van der Waals surface area contributed by atoms with Crippen LogP contribution in [0.5, 0.6) is 0 Å². The van der Waals surface area contributed by atoms with Crippen LogP contribution in [0.4, 0.5) is 0 Å². The SMILES string of the molecule is O=C(O)CCc1c[nH]c2c(=O)[nH]c3ccc(I)cc3c12. The first-order valence-corrected chi connectivity index (χ1v) is 7.17. The van der Waals surface area contributed by atoms with E-state index in [0.717, 1.165) is 25.4 Å². The van der Waals surface area contributed by atoms with Gasteiger partial charge in [-0.05, 0) is 52.8 Å². The van der Waals surface area contributed by atoms with Crippen LogP contribution in [0.2, 0.25) is 0 Å². The molecule has 6 heteroatoms. The lowest BCUT2D eigenvalue weighted by molar-refractivity contribution is -0.136. The Morgan fingerprint density at radius 2 is 2.15 bits per heavy atom. The molecule has 0 aliphatic heterocycles. The van der Waals surface area contributed by atoms with Gasteiger partial charge >= 0.3 is 5.97 Å². The van der Waals surface area contributed by atoms with Gasteiger partial charge in [0.25, 0.3) is 5.56 Å². The number of carbonyl (C=O) groups is 1. The quantitative estimate of drug-likeness (QED) is 0.609. The van der Waals surface area contributed by atoms with Gasteiger partial charge < -0.3 is 15.1 Å². The standard InChI is InChI=1S/C14H11IN2O3/c15-8-2-3-10-9(5-8)12-7(1-4-11(18)19)6-16-13(12)14(20)17-10/h2-3,5-6,16H,1,4H2,(H,17,20)(H,18,19). The number of H-pyrrole nitrogens is 2. The maximum atomic E-state index is 12.0. The van der Waals surface area contributed by atoms with Crippen molar-refractivity contribution in [3.63, 3.8) is 0 Å². The molecule has 0 bridgehead atoms. The van der Waals surface area contributed by atoms with Crippen LogP contribution in [0, 0.1) is 3.57 Å². The van der Waals surface area contributed by atoms with E-state index >= 15 is 0 Å². The van der Waals surface area contributed by atoms with Crippen molar-refractivity contribution < 1.29 is 9.90 Å². The number of aliphatic carboxylic acids is 1. The lowest BCUT2D eigenvalue weighted by atomic mass is 10.0. The number of aryl methyl sites for hydroxylation is 1. The Morgan fingerprint density at radius 1 is 1.35 bits per heavy atom. The van der Waals surface area contributed by atoms with Gasteiger partial charge in [-0.2, -0.15) is 0 Å². The van der Waals surface area contributed by atoms with E-state index < -0.39 is 5.97 Å². The summed E-state index contributed by atoms with van der Waals surface area (Å²) in [4.78, 5) is 28.5. The Morgan fingerprint density at radius 3 is 2.90 bits per heavy atom. The maximum Gasteiger partial charge on any atom is 0.303 e. The van der Waals surface area contributed by atoms with Crippen molar-refractivity contribution in [3.05, 3.63) is 43.9 Å². The first kappa shape index (κ1) is 13.2. The Balaban J connectivity index is 2.32. The van der Waals surface area contributed by atoms with E-state index in [1.165, 1.54) is 0 Å². The molecule has 0 saturated carbocycles. The molecule has 0 spiro atoms. The van der Waals surface area contributed by atoms with Crippen molar-refractivity contribution in [2.24, 2.45) is 0 Å². The molecule has 0 aliphatic rings. The zero-order valence-electron chi connectivity index (χ0n) is 10.4. The van der Waals surface area contributed by atoms with E-state index in [1.54, 1.807) is 6.20 Å². The van der Waals surface area contributed by atoms with Crippen molar-refractivity contribution in [3.8, 4) is 0 Å². The fraction of sp³-hybridized carbons (Fsp3) is 0.143. The van der Waals surface area contributed by atoms with Crippen molar-refractivity contribution in [1.82, 2.24) is 9.97 Å². The fourth-order valence-corrected chi connectivity index (χ4v) is 2.90. The third-order valence-corrected chi connectivity index (χ3v) is 3.97. The van der Waals surface area contributed by atoms with Crippen molar-refractivity contribution >= 4 is 50.4 Å². The highest BCUT2D eigenvalue weighted by Gasteiger charge is 2.12. The Labute approximate surface area is 127 Å². The molecule has 102 valence electrons. The first-order valence-electron chi connectivity index (χ1n) is 6.09. The Kier molecular flexibility index (Phi) is 3.25. The molecule has 0 fully saturated rings. The van der Waals surface area contributed by atoms with Gasteiger partial charge in [0, 0.05) is 32.5 Å². The highest BCUT2D eigenvalue weighted by Crippen LogP contribution is 2.26. The minimum Gasteiger partial charge on any atom is -0.481 e. The number of carboxylic acid groups (broad SMARTS) is 1. The highest BCUT2D eigenvalue weighted by molar-refractivity contribution is 14.1. The van der Waals surface area contributed by atoms with E-state index in [9.17, 15) is 9.59 Å². The zero-order chi connectivity index (χ0) is 14.3. The number of hydrogen-bond acceptors (Lipinski definition) is 2. The largest absolute Gasteiger partial charge is 0.481 e. The number of pyridine rings is 1. The second-order valence-electron chi connectivity index (χ2n) is 4.60. The predicted octanol–water partition coefficient (Wildman–Crippen LogP) is 2.63. The number of rotatable bonds is 3. The molecule has 2 heterocycles. The van der Waals surface area contributed by atoms with E-state index in [1.807, 2.05) is 18.2 Å². The molecule has 0 unspecified atom stereocenters. The minimum atomic E-state index is -0.844. The summed E-state index contributed by atoms with van der Waals surface area (Å²) < 4.78 is 1.06. The normalized spacial score (nSPS) is 11.2. The fourth-order valence-electron chi connectivity index (χ4n) is 2.41. The van der Waals surface area contributed by atoms with Gasteiger partial charge in [-0.25, -0.2) is 0 Å². The molecule has 5 nitrogen and oxygen atoms in total. The molecule has 2 aromatic heterocycles. The summed E-state index contributed by atoms with van der Waals surface area (Å²) in [5, 5.41) is 10.6. The van der Waals surface area contributed by atoms with Gasteiger partial charge in [0.1, 0.15) is 5.52 Å². The maximum absolute atomic E-state index is 12.0. The van der Waals surface area contributed by atoms with Crippen molar-refractivity contribution in [2.45, 2.75) is 12.8 Å². The summed E-state index contributed by atoms with van der Waals surface area (Å²) in [5.74, 6) is -0.844. The molecular formula is C14H11IN2O3. The lowest BCUT2D eigenvalue weighted by Gasteiger charge is -2.03. The Hall–Kier alpha value is -1.83. The van der Waals surface area contributed by atoms with Gasteiger partial charge in [-0.1, -0.05) is 0 Å². The predicted molar refractivity (Wildman–Crippen MR) is 85.1 cm³/mol. The molecule has 0 radical (unpaired) electrons. The second kappa shape index (κ2) is 4.93. The second-order valence-corrected chi connectivity index (χ2v) is 5.85. The Bertz CT molecular complexity index is 879. The van der Waals surface area contributed by atoms with Crippen LogP contribution in [0.25, 0.3) is 21.8 Å². The summed E-state index contributed by atoms with van der Waals surface area (Å²) in [6, 6.07) is 5.78. The third-order valence-electron chi connectivity index (χ3n) is 3.30. The molecule has 3 aromatic rings. The molecule has 3 rings (SSSR count). The zero-order valence-corrected chi connectivity index (χ0v) is 12.5. The van der Waals surface area contributed by atoms with E-state index in [0.29, 0.717) is 11.9 Å². The van der Waals surface area contributed by atoms with Crippen LogP contribution in [0.15, 0.2) is 29.2 Å². The lowest BCUT2D eigenvalue weighted by Crippen LogP contribution is -2.06. The van der Waals surface area contributed by atoms with Crippen LogP contribution in [-0.2, 0) is 11.2 Å². The monoisotopic (exact) mass is 382 g/mol. The molecule has 20 heavy (non-hydrogen) atoms. The van der Waals surface area contributed by atoms with E-state index in [-0.39, 0.29) is 12.0 Å². The van der Waals surface area contributed by atoms with Gasteiger partial charge in [0.05, 0.1) is 0 Å². The summed E-state index contributed by atoms with van der Waals surface area (Å²) in [6.07, 6.45) is 2.17. The van der Waals surface area contributed by atoms with Crippen LogP contribution < -0.4 is 5.56 Å². The summed E-state index contributed by atoms with van der Waals surface area (Å²) in [5.41, 5.74) is 1.94. The van der Waals surface area contributed by atoms with Crippen LogP contribution in [-0.4, -0.2) is 21.0 Å². The number of carboxylic acids is 1.